The summed E-state index contributed by atoms with van der Waals surface area (Å²) in [4.78, 5) is 27.2. The molecular formula is C18H16N2O2S. The fourth-order valence-electron chi connectivity index (χ4n) is 2.23. The van der Waals surface area contributed by atoms with Gasteiger partial charge in [0.25, 0.3) is 5.56 Å². The maximum absolute atomic E-state index is 12.2. The molecule has 0 saturated heterocycles. The summed E-state index contributed by atoms with van der Waals surface area (Å²) in [5.41, 5.74) is 1.40. The van der Waals surface area contributed by atoms with Crippen LogP contribution in [0.4, 0.5) is 0 Å². The molecule has 0 aliphatic rings. The summed E-state index contributed by atoms with van der Waals surface area (Å²) in [6, 6.07) is 19.2. The second-order valence-electron chi connectivity index (χ2n) is 5.26. The predicted molar refractivity (Wildman–Crippen MR) is 92.2 cm³/mol. The molecule has 0 atom stereocenters. The van der Waals surface area contributed by atoms with Gasteiger partial charge in [0.05, 0.1) is 11.6 Å². The smallest absolute Gasteiger partial charge is 0.283 e. The second kappa shape index (κ2) is 6.71. The lowest BCUT2D eigenvalue weighted by Crippen LogP contribution is -2.30. The number of aromatic amines is 1. The number of hydrogen-bond acceptors (Lipinski definition) is 3. The summed E-state index contributed by atoms with van der Waals surface area (Å²) in [5.74, 6) is 0. The van der Waals surface area contributed by atoms with Crippen LogP contribution in [0.5, 0.6) is 0 Å². The van der Waals surface area contributed by atoms with Crippen molar-refractivity contribution in [3.05, 3.63) is 92.6 Å². The molecule has 0 spiro atoms. The Labute approximate surface area is 137 Å². The Morgan fingerprint density at radius 3 is 2.39 bits per heavy atom. The Hall–Kier alpha value is -2.53. The second-order valence-corrected chi connectivity index (χ2v) is 6.36. The maximum atomic E-state index is 12.2. The van der Waals surface area contributed by atoms with E-state index < -0.39 is 5.69 Å². The largest absolute Gasteiger partial charge is 0.329 e. The molecule has 5 heteroatoms. The first kappa shape index (κ1) is 15.4. The Kier molecular flexibility index (Phi) is 4.48. The molecule has 116 valence electrons. The molecule has 4 nitrogen and oxygen atoms in total. The van der Waals surface area contributed by atoms with Gasteiger partial charge in [-0.1, -0.05) is 59.8 Å². The monoisotopic (exact) mass is 324 g/mol. The zero-order valence-electron chi connectivity index (χ0n) is 12.7. The summed E-state index contributed by atoms with van der Waals surface area (Å²) < 4.78 is 1.58. The number of rotatable bonds is 4. The van der Waals surface area contributed by atoms with Gasteiger partial charge in [-0.3, -0.25) is 14.3 Å². The van der Waals surface area contributed by atoms with Gasteiger partial charge in [-0.15, -0.1) is 0 Å². The van der Waals surface area contributed by atoms with Gasteiger partial charge in [-0.05, 0) is 24.6 Å². The summed E-state index contributed by atoms with van der Waals surface area (Å²) >= 11 is 1.41. The van der Waals surface area contributed by atoms with Crippen LogP contribution in [0.3, 0.4) is 0 Å². The number of aryl methyl sites for hydroxylation is 1. The lowest BCUT2D eigenvalue weighted by atomic mass is 10.2. The third-order valence-corrected chi connectivity index (χ3v) is 4.48. The van der Waals surface area contributed by atoms with E-state index in [-0.39, 0.29) is 5.56 Å². The Morgan fingerprint density at radius 2 is 1.70 bits per heavy atom. The van der Waals surface area contributed by atoms with Gasteiger partial charge in [0.15, 0.2) is 0 Å². The quantitative estimate of drug-likeness (QED) is 0.751. The van der Waals surface area contributed by atoms with Gasteiger partial charge >= 0.3 is 5.69 Å². The van der Waals surface area contributed by atoms with Crippen LogP contribution in [0.25, 0.3) is 0 Å². The van der Waals surface area contributed by atoms with Crippen LogP contribution in [-0.2, 0) is 6.54 Å². The fourth-order valence-corrected chi connectivity index (χ4v) is 3.16. The van der Waals surface area contributed by atoms with Crippen molar-refractivity contribution >= 4 is 11.8 Å². The molecule has 23 heavy (non-hydrogen) atoms. The predicted octanol–water partition coefficient (Wildman–Crippen LogP) is 3.04. The number of H-pyrrole nitrogens is 1. The maximum Gasteiger partial charge on any atom is 0.329 e. The van der Waals surface area contributed by atoms with Crippen molar-refractivity contribution in [3.8, 4) is 0 Å². The lowest BCUT2D eigenvalue weighted by Gasteiger charge is -2.11. The van der Waals surface area contributed by atoms with Gasteiger partial charge in [-0.25, -0.2) is 4.79 Å². The summed E-state index contributed by atoms with van der Waals surface area (Å²) in [7, 11) is 0. The van der Waals surface area contributed by atoms with Gasteiger partial charge in [0, 0.05) is 11.0 Å². The summed E-state index contributed by atoms with van der Waals surface area (Å²) in [6.45, 7) is 2.44. The lowest BCUT2D eigenvalue weighted by molar-refractivity contribution is 0.651. The van der Waals surface area contributed by atoms with Crippen molar-refractivity contribution in [1.82, 2.24) is 9.55 Å². The first-order chi connectivity index (χ1) is 11.1. The third-order valence-electron chi connectivity index (χ3n) is 3.42. The van der Waals surface area contributed by atoms with E-state index in [2.05, 4.69) is 4.98 Å². The Bertz CT molecular complexity index is 912. The number of benzene rings is 2. The first-order valence-electron chi connectivity index (χ1n) is 7.24. The number of aromatic nitrogens is 2. The standard InChI is InChI=1S/C18H16N2O2S/c1-13-7-9-15(10-8-13)23-17-11-16(21)19-18(22)20(17)12-14-5-3-2-4-6-14/h2-11H,12H2,1H3,(H,19,21,22). The highest BCUT2D eigenvalue weighted by Crippen LogP contribution is 2.26. The van der Waals surface area contributed by atoms with E-state index in [9.17, 15) is 9.59 Å². The summed E-state index contributed by atoms with van der Waals surface area (Å²) in [5, 5.41) is 0.631. The molecule has 0 aliphatic carbocycles. The molecule has 0 fully saturated rings. The molecule has 0 saturated carbocycles. The van der Waals surface area contributed by atoms with Gasteiger partial charge in [0.2, 0.25) is 0 Å². The molecule has 0 amide bonds. The minimum atomic E-state index is -0.393. The van der Waals surface area contributed by atoms with Crippen LogP contribution < -0.4 is 11.2 Å². The van der Waals surface area contributed by atoms with Crippen LogP contribution in [-0.4, -0.2) is 9.55 Å². The molecule has 0 unspecified atom stereocenters. The van der Waals surface area contributed by atoms with Crippen LogP contribution in [0.15, 0.2) is 80.2 Å². The molecular weight excluding hydrogens is 308 g/mol. The van der Waals surface area contributed by atoms with Crippen LogP contribution in [0.2, 0.25) is 0 Å². The number of nitrogens with one attached hydrogen (secondary N) is 1. The van der Waals surface area contributed by atoms with E-state index in [1.807, 2.05) is 61.5 Å². The average Bonchev–Trinajstić information content (AvgIpc) is 2.54. The van der Waals surface area contributed by atoms with E-state index in [1.54, 1.807) is 4.57 Å². The Morgan fingerprint density at radius 1 is 1.00 bits per heavy atom. The molecule has 0 bridgehead atoms. The minimum Gasteiger partial charge on any atom is -0.283 e. The van der Waals surface area contributed by atoms with Crippen molar-refractivity contribution in [2.45, 2.75) is 23.4 Å². The van der Waals surface area contributed by atoms with Crippen molar-refractivity contribution in [2.24, 2.45) is 0 Å². The third kappa shape index (κ3) is 3.81. The van der Waals surface area contributed by atoms with Crippen molar-refractivity contribution in [2.75, 3.05) is 0 Å². The molecule has 2 aromatic carbocycles. The van der Waals surface area contributed by atoms with Gasteiger partial charge < -0.3 is 0 Å². The van der Waals surface area contributed by atoms with Crippen LogP contribution in [0, 0.1) is 6.92 Å². The van der Waals surface area contributed by atoms with Gasteiger partial charge in [-0.2, -0.15) is 0 Å². The molecule has 0 radical (unpaired) electrons. The number of nitrogens with zero attached hydrogens (tertiary/aromatic N) is 1. The highest BCUT2D eigenvalue weighted by molar-refractivity contribution is 7.99. The fraction of sp³-hybridized carbons (Fsp3) is 0.111. The van der Waals surface area contributed by atoms with Crippen LogP contribution >= 0.6 is 11.8 Å². The van der Waals surface area contributed by atoms with Crippen molar-refractivity contribution in [3.63, 3.8) is 0 Å². The van der Waals surface area contributed by atoms with Crippen LogP contribution in [0.1, 0.15) is 11.1 Å². The zero-order valence-corrected chi connectivity index (χ0v) is 13.5. The van der Waals surface area contributed by atoms with E-state index in [1.165, 1.54) is 23.4 Å². The minimum absolute atomic E-state index is 0.381. The van der Waals surface area contributed by atoms with E-state index in [0.717, 1.165) is 10.5 Å². The number of hydrogen-bond donors (Lipinski definition) is 1. The normalized spacial score (nSPS) is 10.7. The molecule has 3 rings (SSSR count). The van der Waals surface area contributed by atoms with E-state index in [0.29, 0.717) is 11.6 Å². The summed E-state index contributed by atoms with van der Waals surface area (Å²) in [6.07, 6.45) is 0. The van der Waals surface area contributed by atoms with E-state index in [4.69, 9.17) is 0 Å². The first-order valence-corrected chi connectivity index (χ1v) is 8.06. The Balaban J connectivity index is 1.99. The molecule has 1 heterocycles. The SMILES string of the molecule is Cc1ccc(Sc2cc(=O)[nH]c(=O)n2Cc2ccccc2)cc1. The van der Waals surface area contributed by atoms with Crippen molar-refractivity contribution < 1.29 is 0 Å². The molecule has 1 aromatic heterocycles. The topological polar surface area (TPSA) is 54.9 Å². The average molecular weight is 324 g/mol. The zero-order chi connectivity index (χ0) is 16.2. The highest BCUT2D eigenvalue weighted by Gasteiger charge is 2.09. The molecule has 1 N–H and O–H groups in total. The van der Waals surface area contributed by atoms with Crippen molar-refractivity contribution in [1.29, 1.82) is 0 Å². The van der Waals surface area contributed by atoms with E-state index >= 15 is 0 Å². The molecule has 0 aliphatic heterocycles. The molecule has 3 aromatic rings. The highest BCUT2D eigenvalue weighted by atomic mass is 32.2. The van der Waals surface area contributed by atoms with Gasteiger partial charge in [0.1, 0.15) is 0 Å².